The van der Waals surface area contributed by atoms with Crippen LogP contribution >= 0.6 is 0 Å². The predicted molar refractivity (Wildman–Crippen MR) is 72.4 cm³/mol. The molecule has 1 aromatic rings. The number of fused-ring (bicyclic) bond motifs is 1. The Morgan fingerprint density at radius 1 is 1.41 bits per heavy atom. The first-order valence-corrected chi connectivity index (χ1v) is 6.14. The van der Waals surface area contributed by atoms with E-state index in [1.165, 1.54) is 16.7 Å². The Morgan fingerprint density at radius 2 is 2.18 bits per heavy atom. The lowest BCUT2D eigenvalue weighted by Gasteiger charge is -2.10. The minimum Gasteiger partial charge on any atom is -0.497 e. The maximum Gasteiger partial charge on any atom is 0.119 e. The van der Waals surface area contributed by atoms with Crippen molar-refractivity contribution in [2.45, 2.75) is 13.3 Å². The summed E-state index contributed by atoms with van der Waals surface area (Å²) in [6, 6.07) is 6.42. The molecule has 1 aliphatic rings. The molecule has 2 rings (SSSR count). The van der Waals surface area contributed by atoms with Gasteiger partial charge in [0, 0.05) is 6.54 Å². The van der Waals surface area contributed by atoms with E-state index < -0.39 is 0 Å². The third-order valence-electron chi connectivity index (χ3n) is 3.36. The molecule has 17 heavy (non-hydrogen) atoms. The second kappa shape index (κ2) is 4.92. The maximum absolute atomic E-state index is 5.31. The van der Waals surface area contributed by atoms with Crippen LogP contribution in [0.2, 0.25) is 0 Å². The molecule has 0 spiro atoms. The molecule has 0 radical (unpaired) electrons. The van der Waals surface area contributed by atoms with Crippen LogP contribution < -0.4 is 4.74 Å². The molecule has 0 bridgehead atoms. The van der Waals surface area contributed by atoms with Crippen LogP contribution in [0.25, 0.3) is 5.57 Å². The van der Waals surface area contributed by atoms with E-state index in [2.05, 4.69) is 50.2 Å². The lowest BCUT2D eigenvalue weighted by molar-refractivity contribution is 0.414. The molecule has 1 aliphatic carbocycles. The fraction of sp³-hybridized carbons (Fsp3) is 0.467. The van der Waals surface area contributed by atoms with Gasteiger partial charge < -0.3 is 9.64 Å². The highest BCUT2D eigenvalue weighted by Crippen LogP contribution is 2.38. The van der Waals surface area contributed by atoms with Gasteiger partial charge in [0.05, 0.1) is 7.11 Å². The number of benzene rings is 1. The van der Waals surface area contributed by atoms with E-state index in [9.17, 15) is 0 Å². The van der Waals surface area contributed by atoms with Crippen LogP contribution in [0.1, 0.15) is 18.1 Å². The fourth-order valence-corrected chi connectivity index (χ4v) is 2.43. The van der Waals surface area contributed by atoms with Gasteiger partial charge in [-0.3, -0.25) is 0 Å². The standard InChI is InChI=1S/C15H21NO/c1-11-9-12-5-6-13(17-4)10-15(12)14(11)7-8-16(2)3/h5-7,10-11H,8-9H2,1-4H3/b14-7+. The zero-order chi connectivity index (χ0) is 12.4. The summed E-state index contributed by atoms with van der Waals surface area (Å²) in [5, 5.41) is 0. The average Bonchev–Trinajstić information content (AvgIpc) is 2.61. The molecule has 0 amide bonds. The lowest BCUT2D eigenvalue weighted by atomic mass is 10.0. The normalized spacial score (nSPS) is 21.0. The van der Waals surface area contributed by atoms with E-state index in [-0.39, 0.29) is 0 Å². The number of rotatable bonds is 3. The van der Waals surface area contributed by atoms with Gasteiger partial charge in [-0.2, -0.15) is 0 Å². The highest BCUT2D eigenvalue weighted by molar-refractivity contribution is 5.75. The molecule has 2 heteroatoms. The predicted octanol–water partition coefficient (Wildman–Crippen LogP) is 2.83. The summed E-state index contributed by atoms with van der Waals surface area (Å²) in [6.45, 7) is 3.30. The Balaban J connectivity index is 2.34. The van der Waals surface area contributed by atoms with Crippen molar-refractivity contribution in [1.29, 1.82) is 0 Å². The van der Waals surface area contributed by atoms with E-state index >= 15 is 0 Å². The van der Waals surface area contributed by atoms with Crippen molar-refractivity contribution >= 4 is 5.57 Å². The molecular weight excluding hydrogens is 210 g/mol. The molecule has 1 aromatic carbocycles. The summed E-state index contributed by atoms with van der Waals surface area (Å²) in [5.74, 6) is 1.57. The molecule has 0 saturated heterocycles. The van der Waals surface area contributed by atoms with Crippen molar-refractivity contribution in [3.63, 3.8) is 0 Å². The third-order valence-corrected chi connectivity index (χ3v) is 3.36. The number of methoxy groups -OCH3 is 1. The van der Waals surface area contributed by atoms with Crippen molar-refractivity contribution < 1.29 is 4.74 Å². The van der Waals surface area contributed by atoms with E-state index in [1.54, 1.807) is 7.11 Å². The van der Waals surface area contributed by atoms with Gasteiger partial charge in [-0.15, -0.1) is 0 Å². The first-order chi connectivity index (χ1) is 8.11. The summed E-state index contributed by atoms with van der Waals surface area (Å²) in [4.78, 5) is 2.19. The summed E-state index contributed by atoms with van der Waals surface area (Å²) >= 11 is 0. The van der Waals surface area contributed by atoms with Crippen LogP contribution in [-0.4, -0.2) is 32.6 Å². The van der Waals surface area contributed by atoms with Gasteiger partial charge in [-0.05, 0) is 55.3 Å². The van der Waals surface area contributed by atoms with Gasteiger partial charge in [0.25, 0.3) is 0 Å². The third kappa shape index (κ3) is 2.52. The van der Waals surface area contributed by atoms with Crippen LogP contribution in [0.15, 0.2) is 24.3 Å². The van der Waals surface area contributed by atoms with Gasteiger partial charge in [0.2, 0.25) is 0 Å². The summed E-state index contributed by atoms with van der Waals surface area (Å²) < 4.78 is 5.31. The monoisotopic (exact) mass is 231 g/mol. The molecule has 0 N–H and O–H groups in total. The Kier molecular flexibility index (Phi) is 3.53. The molecule has 0 aliphatic heterocycles. The average molecular weight is 231 g/mol. The molecule has 92 valence electrons. The van der Waals surface area contributed by atoms with Crippen molar-refractivity contribution in [2.75, 3.05) is 27.7 Å². The van der Waals surface area contributed by atoms with Crippen molar-refractivity contribution in [3.8, 4) is 5.75 Å². The zero-order valence-electron chi connectivity index (χ0n) is 11.2. The quantitative estimate of drug-likeness (QED) is 0.793. The largest absolute Gasteiger partial charge is 0.497 e. The molecule has 0 aromatic heterocycles. The van der Waals surface area contributed by atoms with Crippen LogP contribution in [0, 0.1) is 5.92 Å². The van der Waals surface area contributed by atoms with Gasteiger partial charge in [0.1, 0.15) is 5.75 Å². The van der Waals surface area contributed by atoms with E-state index in [0.29, 0.717) is 5.92 Å². The van der Waals surface area contributed by atoms with E-state index in [4.69, 9.17) is 4.74 Å². The van der Waals surface area contributed by atoms with Gasteiger partial charge in [0.15, 0.2) is 0 Å². The summed E-state index contributed by atoms with van der Waals surface area (Å²) in [6.07, 6.45) is 3.49. The fourth-order valence-electron chi connectivity index (χ4n) is 2.43. The summed E-state index contributed by atoms with van der Waals surface area (Å²) in [5.41, 5.74) is 4.29. The van der Waals surface area contributed by atoms with Crippen molar-refractivity contribution in [1.82, 2.24) is 4.90 Å². The SMILES string of the molecule is COc1ccc2c(c1)/C(=C/CN(C)C)C(C)C2. The van der Waals surface area contributed by atoms with Crippen LogP contribution in [0.3, 0.4) is 0 Å². The molecule has 2 nitrogen and oxygen atoms in total. The van der Waals surface area contributed by atoms with Crippen molar-refractivity contribution in [3.05, 3.63) is 35.4 Å². The maximum atomic E-state index is 5.31. The van der Waals surface area contributed by atoms with Gasteiger partial charge >= 0.3 is 0 Å². The number of allylic oxidation sites excluding steroid dienone is 1. The highest BCUT2D eigenvalue weighted by atomic mass is 16.5. The van der Waals surface area contributed by atoms with E-state index in [0.717, 1.165) is 18.7 Å². The van der Waals surface area contributed by atoms with Crippen molar-refractivity contribution in [2.24, 2.45) is 5.92 Å². The van der Waals surface area contributed by atoms with Gasteiger partial charge in [-0.1, -0.05) is 19.1 Å². The first kappa shape index (κ1) is 12.2. The Bertz CT molecular complexity index is 435. The molecule has 0 heterocycles. The second-order valence-corrected chi connectivity index (χ2v) is 5.05. The number of hydrogen-bond acceptors (Lipinski definition) is 2. The molecule has 1 unspecified atom stereocenters. The minimum atomic E-state index is 0.622. The minimum absolute atomic E-state index is 0.622. The highest BCUT2D eigenvalue weighted by Gasteiger charge is 2.23. The zero-order valence-corrected chi connectivity index (χ0v) is 11.2. The Hall–Kier alpha value is -1.28. The number of ether oxygens (including phenoxy) is 1. The molecular formula is C15H21NO. The van der Waals surface area contributed by atoms with E-state index in [1.807, 2.05) is 0 Å². The molecule has 0 fully saturated rings. The summed E-state index contributed by atoms with van der Waals surface area (Å²) in [7, 11) is 5.93. The number of nitrogens with zero attached hydrogens (tertiary/aromatic N) is 1. The van der Waals surface area contributed by atoms with Crippen LogP contribution in [-0.2, 0) is 6.42 Å². The number of likely N-dealkylation sites (N-methyl/N-ethyl adjacent to an activating group) is 1. The molecule has 1 atom stereocenters. The first-order valence-electron chi connectivity index (χ1n) is 6.14. The molecule has 0 saturated carbocycles. The lowest BCUT2D eigenvalue weighted by Crippen LogP contribution is -2.11. The number of hydrogen-bond donors (Lipinski definition) is 0. The van der Waals surface area contributed by atoms with Gasteiger partial charge in [-0.25, -0.2) is 0 Å². The topological polar surface area (TPSA) is 12.5 Å². The smallest absolute Gasteiger partial charge is 0.119 e. The Morgan fingerprint density at radius 3 is 2.82 bits per heavy atom. The second-order valence-electron chi connectivity index (χ2n) is 5.05. The Labute approximate surface area is 104 Å². The van der Waals surface area contributed by atoms with Crippen LogP contribution in [0.4, 0.5) is 0 Å². The van der Waals surface area contributed by atoms with Crippen LogP contribution in [0.5, 0.6) is 5.75 Å².